The summed E-state index contributed by atoms with van der Waals surface area (Å²) in [6.07, 6.45) is -5.30. The highest BCUT2D eigenvalue weighted by atomic mass is 19.1. The predicted octanol–water partition coefficient (Wildman–Crippen LogP) is 3.30. The molecule has 0 spiro atoms. The van der Waals surface area contributed by atoms with Gasteiger partial charge in [0.15, 0.2) is 12.5 Å². The number of hydrogen-bond donors (Lipinski definition) is 4. The van der Waals surface area contributed by atoms with E-state index in [0.717, 1.165) is 0 Å². The van der Waals surface area contributed by atoms with E-state index in [0.29, 0.717) is 24.0 Å². The Labute approximate surface area is 309 Å². The van der Waals surface area contributed by atoms with Crippen LogP contribution in [0.2, 0.25) is 0 Å². The summed E-state index contributed by atoms with van der Waals surface area (Å²) in [7, 11) is 2.64. The molecule has 282 valence electrons. The van der Waals surface area contributed by atoms with Crippen LogP contribution in [-0.4, -0.2) is 84.7 Å². The van der Waals surface area contributed by atoms with Gasteiger partial charge in [-0.3, -0.25) is 20.2 Å². The third-order valence-corrected chi connectivity index (χ3v) is 9.62. The molecule has 14 heteroatoms. The number of hydrogen-bond acceptors (Lipinski definition) is 12. The van der Waals surface area contributed by atoms with Gasteiger partial charge in [0.25, 0.3) is 11.2 Å². The van der Waals surface area contributed by atoms with Crippen molar-refractivity contribution in [1.29, 1.82) is 0 Å². The summed E-state index contributed by atoms with van der Waals surface area (Å²) in [5, 5.41) is 30.4. The normalized spacial score (nSPS) is 19.8. The van der Waals surface area contributed by atoms with Gasteiger partial charge in [0.1, 0.15) is 23.8 Å². The first-order chi connectivity index (χ1) is 26.0. The van der Waals surface area contributed by atoms with Crippen LogP contribution in [0.5, 0.6) is 0 Å². The number of ether oxygens (including phenoxy) is 4. The summed E-state index contributed by atoms with van der Waals surface area (Å²) < 4.78 is 53.3. The molecule has 2 heterocycles. The van der Waals surface area contributed by atoms with Crippen LogP contribution >= 0.6 is 0 Å². The van der Waals surface area contributed by atoms with Crippen molar-refractivity contribution < 1.29 is 57.1 Å². The second kappa shape index (κ2) is 16.0. The van der Waals surface area contributed by atoms with E-state index in [1.165, 1.54) is 99.0 Å². The molecule has 4 aromatic carbocycles. The highest BCUT2D eigenvalue weighted by molar-refractivity contribution is 6.29. The number of carbonyl (C=O) groups excluding carboxylic acids is 4. The van der Waals surface area contributed by atoms with Crippen LogP contribution in [-0.2, 0) is 41.4 Å². The summed E-state index contributed by atoms with van der Waals surface area (Å²) in [6, 6.07) is 21.9. The molecule has 2 aliphatic rings. The van der Waals surface area contributed by atoms with Gasteiger partial charge in [0.05, 0.1) is 13.2 Å². The molecule has 0 radical (unpaired) electrons. The first-order valence-electron chi connectivity index (χ1n) is 17.2. The molecule has 0 aliphatic carbocycles. The number of esters is 2. The summed E-state index contributed by atoms with van der Waals surface area (Å²) in [5.74, 6) is -8.56. The Morgan fingerprint density at radius 2 is 1.00 bits per heavy atom. The van der Waals surface area contributed by atoms with Crippen LogP contribution < -0.4 is 10.6 Å². The summed E-state index contributed by atoms with van der Waals surface area (Å²) >= 11 is 0. The number of carbonyl (C=O) groups is 4. The molecule has 54 heavy (non-hydrogen) atoms. The quantitative estimate of drug-likeness (QED) is 0.0684. The van der Waals surface area contributed by atoms with Crippen molar-refractivity contribution in [2.75, 3.05) is 27.3 Å². The van der Waals surface area contributed by atoms with Gasteiger partial charge >= 0.3 is 11.9 Å². The van der Waals surface area contributed by atoms with E-state index in [2.05, 4.69) is 10.6 Å². The number of rotatable bonds is 13. The van der Waals surface area contributed by atoms with Gasteiger partial charge < -0.3 is 29.2 Å². The largest absolute Gasteiger partial charge is 0.441 e. The average molecular weight is 745 g/mol. The van der Waals surface area contributed by atoms with E-state index in [-0.39, 0.29) is 24.3 Å². The minimum atomic E-state index is -4.07. The minimum absolute atomic E-state index is 0.0284. The average Bonchev–Trinajstić information content (AvgIpc) is 3.21. The van der Waals surface area contributed by atoms with Crippen molar-refractivity contribution in [3.8, 4) is 0 Å². The Balaban J connectivity index is 1.47. The zero-order chi connectivity index (χ0) is 38.6. The molecule has 0 saturated carbocycles. The highest BCUT2D eigenvalue weighted by Crippen LogP contribution is 2.39. The monoisotopic (exact) mass is 744 g/mol. The fourth-order valence-electron chi connectivity index (χ4n) is 6.82. The highest BCUT2D eigenvalue weighted by Gasteiger charge is 2.71. The van der Waals surface area contributed by atoms with Crippen molar-refractivity contribution in [3.05, 3.63) is 142 Å². The van der Waals surface area contributed by atoms with Gasteiger partial charge in [-0.05, 0) is 50.2 Å². The van der Waals surface area contributed by atoms with Gasteiger partial charge in [0, 0.05) is 22.3 Å². The molecule has 6 rings (SSSR count). The van der Waals surface area contributed by atoms with E-state index in [1.54, 1.807) is 12.1 Å². The SMILES string of the molecule is CNC(OC(=O)C(O)(C(=O)c1ccccc1)C(O)(C(=O)OC(NC)C1OCCc2cccc(F)c21)C(=O)c1ccccc1)C1OCCc2cccc(F)c21. The van der Waals surface area contributed by atoms with Gasteiger partial charge in [-0.1, -0.05) is 84.9 Å². The van der Waals surface area contributed by atoms with Gasteiger partial charge in [-0.25, -0.2) is 18.4 Å². The lowest BCUT2D eigenvalue weighted by Gasteiger charge is -2.40. The maximum absolute atomic E-state index is 15.2. The number of fused-ring (bicyclic) bond motifs is 2. The third-order valence-electron chi connectivity index (χ3n) is 9.62. The fraction of sp³-hybridized carbons (Fsp3) is 0.300. The first kappa shape index (κ1) is 38.5. The molecule has 0 amide bonds. The topological polar surface area (TPSA) is 170 Å². The van der Waals surface area contributed by atoms with E-state index in [1.807, 2.05) is 0 Å². The second-order valence-electron chi connectivity index (χ2n) is 12.7. The molecule has 12 nitrogen and oxygen atoms in total. The summed E-state index contributed by atoms with van der Waals surface area (Å²) in [6.45, 7) is 0.149. The second-order valence-corrected chi connectivity index (χ2v) is 12.7. The lowest BCUT2D eigenvalue weighted by Crippen LogP contribution is -2.73. The number of Topliss-reactive ketones (excluding diaryl/α,β-unsaturated/α-hetero) is 2. The Morgan fingerprint density at radius 3 is 1.35 bits per heavy atom. The molecule has 2 aliphatic heterocycles. The van der Waals surface area contributed by atoms with E-state index in [4.69, 9.17) is 18.9 Å². The fourth-order valence-corrected chi connectivity index (χ4v) is 6.82. The van der Waals surface area contributed by atoms with Crippen LogP contribution in [0.15, 0.2) is 97.1 Å². The lowest BCUT2D eigenvalue weighted by molar-refractivity contribution is -0.209. The van der Waals surface area contributed by atoms with Gasteiger partial charge in [0.2, 0.25) is 11.6 Å². The molecule has 0 fully saturated rings. The maximum atomic E-state index is 15.2. The molecular weight excluding hydrogens is 706 g/mol. The third kappa shape index (κ3) is 6.83. The molecule has 6 atom stereocenters. The van der Waals surface area contributed by atoms with Crippen LogP contribution in [0.25, 0.3) is 0 Å². The van der Waals surface area contributed by atoms with Crippen LogP contribution in [0.3, 0.4) is 0 Å². The van der Waals surface area contributed by atoms with Crippen molar-refractivity contribution in [2.24, 2.45) is 0 Å². The Hall–Kier alpha value is -5.22. The Kier molecular flexibility index (Phi) is 11.4. The standard InChI is InChI=1S/C40H38F2N2O10/c1-43-35(31-29-23(19-21-51-31)15-9-17-27(29)41)53-37(47)39(49,33(45)25-11-5-3-6-12-25)40(50,34(46)26-13-7-4-8-14-26)38(48)54-36(44-2)32-30-24(20-22-52-32)16-10-18-28(30)42/h3-18,31-32,35-36,43-44,49-50H,19-22H2,1-2H3. The summed E-state index contributed by atoms with van der Waals surface area (Å²) in [5.41, 5.74) is -7.83. The van der Waals surface area contributed by atoms with Gasteiger partial charge in [-0.15, -0.1) is 0 Å². The van der Waals surface area contributed by atoms with E-state index < -0.39 is 82.1 Å². The Bertz CT molecular complexity index is 1890. The molecule has 4 aromatic rings. The first-order valence-corrected chi connectivity index (χ1v) is 17.2. The lowest BCUT2D eigenvalue weighted by atomic mass is 9.73. The summed E-state index contributed by atoms with van der Waals surface area (Å²) in [4.78, 5) is 58.1. The number of aliphatic hydroxyl groups is 2. The molecular formula is C40H38F2N2O10. The number of benzene rings is 4. The van der Waals surface area contributed by atoms with Crippen molar-refractivity contribution in [2.45, 2.75) is 48.7 Å². The van der Waals surface area contributed by atoms with E-state index in [9.17, 15) is 29.4 Å². The predicted molar refractivity (Wildman–Crippen MR) is 187 cm³/mol. The maximum Gasteiger partial charge on any atom is 0.352 e. The smallest absolute Gasteiger partial charge is 0.352 e. The Morgan fingerprint density at radius 1 is 0.630 bits per heavy atom. The van der Waals surface area contributed by atoms with Crippen LogP contribution in [0, 0.1) is 11.6 Å². The number of nitrogens with one attached hydrogen (secondary N) is 2. The van der Waals surface area contributed by atoms with Crippen molar-refractivity contribution in [1.82, 2.24) is 10.6 Å². The molecule has 4 N–H and O–H groups in total. The zero-order valence-corrected chi connectivity index (χ0v) is 29.3. The van der Waals surface area contributed by atoms with Crippen molar-refractivity contribution in [3.63, 3.8) is 0 Å². The van der Waals surface area contributed by atoms with E-state index >= 15 is 8.78 Å². The zero-order valence-electron chi connectivity index (χ0n) is 29.3. The minimum Gasteiger partial charge on any atom is -0.441 e. The number of halogens is 2. The molecule has 6 unspecified atom stereocenters. The number of likely N-dealkylation sites (N-methyl/N-ethyl adjacent to an activating group) is 2. The van der Waals surface area contributed by atoms with Crippen LogP contribution in [0.1, 0.15) is 55.2 Å². The van der Waals surface area contributed by atoms with Crippen molar-refractivity contribution >= 4 is 23.5 Å². The number of ketones is 2. The van der Waals surface area contributed by atoms with Gasteiger partial charge in [-0.2, -0.15) is 0 Å². The molecule has 0 aromatic heterocycles. The molecule has 0 saturated heterocycles. The molecule has 0 bridgehead atoms. The van der Waals surface area contributed by atoms with Crippen LogP contribution in [0.4, 0.5) is 8.78 Å².